The van der Waals surface area contributed by atoms with Crippen LogP contribution in [-0.2, 0) is 6.61 Å². The van der Waals surface area contributed by atoms with E-state index in [1.54, 1.807) is 25.3 Å². The van der Waals surface area contributed by atoms with Crippen molar-refractivity contribution in [2.75, 3.05) is 7.11 Å². The van der Waals surface area contributed by atoms with Crippen LogP contribution in [0.1, 0.15) is 27.0 Å². The minimum absolute atomic E-state index is 0.323. The number of ether oxygens (including phenoxy) is 2. The maximum Gasteiger partial charge on any atom is 0.273 e. The molecule has 1 aromatic heterocycles. The maximum atomic E-state index is 12.7. The molecule has 0 saturated heterocycles. The Morgan fingerprint density at radius 3 is 2.53 bits per heavy atom. The van der Waals surface area contributed by atoms with Crippen LogP contribution >= 0.6 is 11.6 Å². The topological polar surface area (TPSA) is 64.8 Å². The molecule has 0 radical (unpaired) electrons. The van der Waals surface area contributed by atoms with Crippen molar-refractivity contribution in [2.45, 2.75) is 13.5 Å². The SMILES string of the molecule is COc1cc(/C=N\NC(=O)c2ccccc2-n2cccc2)cc(Cl)c1OCc1ccc(C)cc1. The standard InChI is InChI=1S/C27H24ClN3O3/c1-19-9-11-20(12-10-19)18-34-26-23(28)15-21(16-25(26)33-2)17-29-30-27(32)22-7-3-4-8-24(22)31-13-5-6-14-31/h3-17H,18H2,1-2H3,(H,30,32)/b29-17-. The molecule has 0 atom stereocenters. The summed E-state index contributed by atoms with van der Waals surface area (Å²) in [7, 11) is 1.55. The van der Waals surface area contributed by atoms with Gasteiger partial charge in [0.05, 0.1) is 29.6 Å². The van der Waals surface area contributed by atoms with Crippen molar-refractivity contribution in [1.29, 1.82) is 0 Å². The molecule has 1 amide bonds. The second-order valence-electron chi connectivity index (χ2n) is 7.61. The molecule has 1 heterocycles. The molecule has 0 spiro atoms. The van der Waals surface area contributed by atoms with E-state index in [0.29, 0.717) is 34.3 Å². The van der Waals surface area contributed by atoms with Gasteiger partial charge in [-0.2, -0.15) is 5.10 Å². The number of aryl methyl sites for hydroxylation is 1. The first-order valence-electron chi connectivity index (χ1n) is 10.7. The van der Waals surface area contributed by atoms with Gasteiger partial charge in [0.25, 0.3) is 5.91 Å². The third-order valence-corrected chi connectivity index (χ3v) is 5.45. The van der Waals surface area contributed by atoms with Crippen LogP contribution in [-0.4, -0.2) is 23.8 Å². The fourth-order valence-corrected chi connectivity index (χ4v) is 3.68. The summed E-state index contributed by atoms with van der Waals surface area (Å²) in [6, 6.07) is 22.6. The van der Waals surface area contributed by atoms with E-state index in [4.69, 9.17) is 21.1 Å². The normalized spacial score (nSPS) is 10.9. The van der Waals surface area contributed by atoms with Gasteiger partial charge in [-0.1, -0.05) is 53.6 Å². The minimum atomic E-state index is -0.323. The predicted octanol–water partition coefficient (Wildman–Crippen LogP) is 5.79. The number of carbonyl (C=O) groups is 1. The Hall–Kier alpha value is -4.03. The molecule has 3 aromatic carbocycles. The molecule has 0 aliphatic rings. The van der Waals surface area contributed by atoms with Gasteiger partial charge < -0.3 is 14.0 Å². The lowest BCUT2D eigenvalue weighted by molar-refractivity contribution is 0.0955. The first-order valence-corrected chi connectivity index (χ1v) is 11.0. The summed E-state index contributed by atoms with van der Waals surface area (Å²) in [5.74, 6) is 0.605. The van der Waals surface area contributed by atoms with Gasteiger partial charge in [-0.05, 0) is 54.4 Å². The van der Waals surface area contributed by atoms with Gasteiger partial charge >= 0.3 is 0 Å². The number of amides is 1. The lowest BCUT2D eigenvalue weighted by Crippen LogP contribution is -2.19. The van der Waals surface area contributed by atoms with Gasteiger partial charge in [0.1, 0.15) is 6.61 Å². The van der Waals surface area contributed by atoms with E-state index in [9.17, 15) is 4.79 Å². The number of halogens is 1. The van der Waals surface area contributed by atoms with Gasteiger partial charge in [0.15, 0.2) is 11.5 Å². The van der Waals surface area contributed by atoms with E-state index in [2.05, 4.69) is 10.5 Å². The summed E-state index contributed by atoms with van der Waals surface area (Å²) >= 11 is 6.46. The van der Waals surface area contributed by atoms with Crippen LogP contribution < -0.4 is 14.9 Å². The summed E-state index contributed by atoms with van der Waals surface area (Å²) in [5, 5.41) is 4.49. The average Bonchev–Trinajstić information content (AvgIpc) is 3.39. The Morgan fingerprint density at radius 1 is 1.06 bits per heavy atom. The summed E-state index contributed by atoms with van der Waals surface area (Å²) < 4.78 is 13.3. The van der Waals surface area contributed by atoms with Gasteiger partial charge in [0, 0.05) is 12.4 Å². The zero-order valence-corrected chi connectivity index (χ0v) is 19.6. The second kappa shape index (κ2) is 10.7. The van der Waals surface area contributed by atoms with Crippen molar-refractivity contribution in [1.82, 2.24) is 9.99 Å². The highest BCUT2D eigenvalue weighted by molar-refractivity contribution is 6.32. The van der Waals surface area contributed by atoms with Gasteiger partial charge in [-0.3, -0.25) is 4.79 Å². The van der Waals surface area contributed by atoms with Crippen molar-refractivity contribution in [3.63, 3.8) is 0 Å². The number of aromatic nitrogens is 1. The highest BCUT2D eigenvalue weighted by Gasteiger charge is 2.13. The smallest absolute Gasteiger partial charge is 0.273 e. The monoisotopic (exact) mass is 473 g/mol. The summed E-state index contributed by atoms with van der Waals surface area (Å²) in [5.41, 5.74) is 6.71. The molecule has 4 rings (SSSR count). The summed E-state index contributed by atoms with van der Waals surface area (Å²) in [6.45, 7) is 2.40. The number of hydrogen-bond acceptors (Lipinski definition) is 4. The fourth-order valence-electron chi connectivity index (χ4n) is 3.41. The highest BCUT2D eigenvalue weighted by atomic mass is 35.5. The molecule has 0 unspecified atom stereocenters. The number of nitrogens with one attached hydrogen (secondary N) is 1. The Morgan fingerprint density at radius 2 is 1.79 bits per heavy atom. The van der Waals surface area contributed by atoms with Crippen LogP contribution in [0.15, 0.2) is 90.3 Å². The molecule has 0 aliphatic carbocycles. The number of benzene rings is 3. The second-order valence-corrected chi connectivity index (χ2v) is 8.02. The molecule has 0 saturated carbocycles. The molecular formula is C27H24ClN3O3. The van der Waals surface area contributed by atoms with Crippen molar-refractivity contribution < 1.29 is 14.3 Å². The molecule has 0 aliphatic heterocycles. The van der Waals surface area contributed by atoms with Crippen molar-refractivity contribution in [3.8, 4) is 17.2 Å². The Kier molecular flexibility index (Phi) is 7.30. The quantitative estimate of drug-likeness (QED) is 0.260. The molecule has 1 N–H and O–H groups in total. The van der Waals surface area contributed by atoms with E-state index >= 15 is 0 Å². The van der Waals surface area contributed by atoms with Crippen LogP contribution in [0.3, 0.4) is 0 Å². The summed E-state index contributed by atoms with van der Waals surface area (Å²) in [4.78, 5) is 12.7. The first-order chi connectivity index (χ1) is 16.5. The van der Waals surface area contributed by atoms with E-state index in [0.717, 1.165) is 11.3 Å². The third-order valence-electron chi connectivity index (χ3n) is 5.17. The molecule has 7 heteroatoms. The van der Waals surface area contributed by atoms with Crippen LogP contribution in [0.2, 0.25) is 5.02 Å². The van der Waals surface area contributed by atoms with Gasteiger partial charge in [0.2, 0.25) is 0 Å². The molecule has 34 heavy (non-hydrogen) atoms. The Labute approximate surface area is 203 Å². The number of nitrogens with zero attached hydrogens (tertiary/aromatic N) is 2. The molecular weight excluding hydrogens is 450 g/mol. The minimum Gasteiger partial charge on any atom is -0.493 e. The Balaban J connectivity index is 1.46. The van der Waals surface area contributed by atoms with E-state index in [1.807, 2.05) is 78.5 Å². The van der Waals surface area contributed by atoms with Crippen molar-refractivity contribution >= 4 is 23.7 Å². The van der Waals surface area contributed by atoms with Crippen molar-refractivity contribution in [2.24, 2.45) is 5.10 Å². The van der Waals surface area contributed by atoms with Crippen LogP contribution in [0.25, 0.3) is 5.69 Å². The van der Waals surface area contributed by atoms with Crippen LogP contribution in [0, 0.1) is 6.92 Å². The molecule has 0 bridgehead atoms. The number of hydrazone groups is 1. The number of hydrogen-bond donors (Lipinski definition) is 1. The summed E-state index contributed by atoms with van der Waals surface area (Å²) in [6.07, 6.45) is 5.27. The third kappa shape index (κ3) is 5.47. The number of para-hydroxylation sites is 1. The molecule has 172 valence electrons. The Bertz CT molecular complexity index is 1300. The van der Waals surface area contributed by atoms with Crippen molar-refractivity contribution in [3.05, 3.63) is 112 Å². The zero-order valence-electron chi connectivity index (χ0n) is 18.9. The highest BCUT2D eigenvalue weighted by Crippen LogP contribution is 2.36. The number of methoxy groups -OCH3 is 1. The van der Waals surface area contributed by atoms with E-state index < -0.39 is 0 Å². The molecule has 6 nitrogen and oxygen atoms in total. The number of rotatable bonds is 8. The zero-order chi connectivity index (χ0) is 23.9. The lowest BCUT2D eigenvalue weighted by atomic mass is 10.1. The lowest BCUT2D eigenvalue weighted by Gasteiger charge is -2.13. The maximum absolute atomic E-state index is 12.7. The molecule has 4 aromatic rings. The largest absolute Gasteiger partial charge is 0.493 e. The van der Waals surface area contributed by atoms with Crippen LogP contribution in [0.5, 0.6) is 11.5 Å². The van der Waals surface area contributed by atoms with E-state index in [1.165, 1.54) is 11.8 Å². The predicted molar refractivity (Wildman–Crippen MR) is 134 cm³/mol. The number of carbonyl (C=O) groups excluding carboxylic acids is 1. The van der Waals surface area contributed by atoms with Gasteiger partial charge in [-0.25, -0.2) is 5.43 Å². The van der Waals surface area contributed by atoms with Gasteiger partial charge in [-0.15, -0.1) is 0 Å². The average molecular weight is 474 g/mol. The first kappa shape index (κ1) is 23.1. The van der Waals surface area contributed by atoms with Crippen LogP contribution in [0.4, 0.5) is 0 Å². The van der Waals surface area contributed by atoms with E-state index in [-0.39, 0.29) is 5.91 Å². The fraction of sp³-hybridized carbons (Fsp3) is 0.111. The molecule has 0 fully saturated rings.